The Morgan fingerprint density at radius 1 is 1.14 bits per heavy atom. The van der Waals surface area contributed by atoms with Crippen LogP contribution >= 0.6 is 0 Å². The van der Waals surface area contributed by atoms with E-state index in [1.54, 1.807) is 13.3 Å². The minimum atomic E-state index is -1.28. The van der Waals surface area contributed by atoms with Gasteiger partial charge < -0.3 is 14.9 Å². The molecule has 1 saturated heterocycles. The van der Waals surface area contributed by atoms with Crippen molar-refractivity contribution < 1.29 is 28.1 Å². The molecule has 0 saturated carbocycles. The fourth-order valence-electron chi connectivity index (χ4n) is 4.86. The number of aromatic nitrogens is 1. The SMILES string of the molecule is COc1ccc2nccc([C@@H](O)CC[C@@H]3CCN(CC#Cc4c(F)ccc(F)c4F)C[C@@H]3CO)c2c1. The normalized spacial score (nSPS) is 19.1. The lowest BCUT2D eigenvalue weighted by Gasteiger charge is -2.37. The lowest BCUT2D eigenvalue weighted by Crippen LogP contribution is -2.42. The van der Waals surface area contributed by atoms with Gasteiger partial charge in [-0.3, -0.25) is 9.88 Å². The summed E-state index contributed by atoms with van der Waals surface area (Å²) in [5.74, 6) is 2.72. The van der Waals surface area contributed by atoms with Gasteiger partial charge in [0.2, 0.25) is 0 Å². The van der Waals surface area contributed by atoms with Crippen molar-refractivity contribution in [2.75, 3.05) is 33.4 Å². The summed E-state index contributed by atoms with van der Waals surface area (Å²) in [5, 5.41) is 21.8. The van der Waals surface area contributed by atoms with E-state index in [-0.39, 0.29) is 25.0 Å². The zero-order valence-electron chi connectivity index (χ0n) is 20.1. The molecule has 0 bridgehead atoms. The number of methoxy groups -OCH3 is 1. The van der Waals surface area contributed by atoms with Crippen LogP contribution in [0.1, 0.15) is 36.5 Å². The Morgan fingerprint density at radius 3 is 2.72 bits per heavy atom. The van der Waals surface area contributed by atoms with E-state index < -0.39 is 29.1 Å². The van der Waals surface area contributed by atoms with Crippen LogP contribution in [0.5, 0.6) is 5.75 Å². The smallest absolute Gasteiger partial charge is 0.177 e. The van der Waals surface area contributed by atoms with Gasteiger partial charge in [0.05, 0.1) is 30.8 Å². The quantitative estimate of drug-likeness (QED) is 0.372. The van der Waals surface area contributed by atoms with E-state index in [0.29, 0.717) is 25.3 Å². The molecular weight excluding hydrogens is 469 g/mol. The van der Waals surface area contributed by atoms with Crippen molar-refractivity contribution in [3.8, 4) is 17.6 Å². The molecule has 1 fully saturated rings. The molecule has 8 heteroatoms. The first-order valence-electron chi connectivity index (χ1n) is 12.0. The van der Waals surface area contributed by atoms with Crippen LogP contribution in [0.4, 0.5) is 13.2 Å². The number of benzene rings is 2. The molecule has 0 amide bonds. The van der Waals surface area contributed by atoms with E-state index in [9.17, 15) is 23.4 Å². The van der Waals surface area contributed by atoms with Gasteiger partial charge in [-0.2, -0.15) is 0 Å². The van der Waals surface area contributed by atoms with E-state index in [2.05, 4.69) is 16.8 Å². The van der Waals surface area contributed by atoms with Crippen LogP contribution in [0.3, 0.4) is 0 Å². The number of ether oxygens (including phenoxy) is 1. The fourth-order valence-corrected chi connectivity index (χ4v) is 4.86. The third-order valence-electron chi connectivity index (χ3n) is 6.92. The zero-order chi connectivity index (χ0) is 25.7. The standard InChI is InChI=1S/C28H29F3N2O3/c1-36-20-5-8-26-23(15-20)21(10-12-32-26)27(35)9-4-18-11-14-33(16-19(18)17-34)13-2-3-22-24(29)6-7-25(30)28(22)31/h5-8,10,12,15,18-19,27,34-35H,4,9,11,13-14,16-17H2,1H3/t18-,19-,27+/m1/s1. The fraction of sp³-hybridized carbons (Fsp3) is 0.393. The number of halogens is 3. The summed E-state index contributed by atoms with van der Waals surface area (Å²) in [7, 11) is 1.60. The Bertz CT molecular complexity index is 1270. The molecule has 0 radical (unpaired) electrons. The Kier molecular flexibility index (Phi) is 8.47. The first-order chi connectivity index (χ1) is 17.4. The Hall–Kier alpha value is -3.12. The molecule has 1 aliphatic heterocycles. The second kappa shape index (κ2) is 11.7. The topological polar surface area (TPSA) is 65.8 Å². The summed E-state index contributed by atoms with van der Waals surface area (Å²) in [6, 6.07) is 8.98. The Balaban J connectivity index is 1.36. The van der Waals surface area contributed by atoms with Crippen molar-refractivity contribution in [3.05, 3.63) is 71.2 Å². The van der Waals surface area contributed by atoms with Gasteiger partial charge in [-0.1, -0.05) is 11.8 Å². The number of fused-ring (bicyclic) bond motifs is 1. The van der Waals surface area contributed by atoms with Crippen LogP contribution in [0, 0.1) is 41.1 Å². The predicted molar refractivity (Wildman–Crippen MR) is 131 cm³/mol. The van der Waals surface area contributed by atoms with Gasteiger partial charge in [0.25, 0.3) is 0 Å². The van der Waals surface area contributed by atoms with Gasteiger partial charge in [-0.15, -0.1) is 0 Å². The molecule has 1 aliphatic rings. The highest BCUT2D eigenvalue weighted by Crippen LogP contribution is 2.33. The number of aliphatic hydroxyl groups is 2. The van der Waals surface area contributed by atoms with Gasteiger partial charge in [0.1, 0.15) is 11.6 Å². The molecule has 1 aromatic heterocycles. The second-order valence-corrected chi connectivity index (χ2v) is 9.12. The average Bonchev–Trinajstić information content (AvgIpc) is 2.90. The third kappa shape index (κ3) is 5.81. The molecule has 4 rings (SSSR count). The van der Waals surface area contributed by atoms with Crippen LogP contribution in [0.2, 0.25) is 0 Å². The van der Waals surface area contributed by atoms with Crippen molar-refractivity contribution in [3.63, 3.8) is 0 Å². The number of hydrogen-bond donors (Lipinski definition) is 2. The van der Waals surface area contributed by atoms with Gasteiger partial charge in [-0.05, 0) is 79.6 Å². The highest BCUT2D eigenvalue weighted by molar-refractivity contribution is 5.83. The summed E-state index contributed by atoms with van der Waals surface area (Å²) in [4.78, 5) is 6.38. The maximum atomic E-state index is 13.8. The summed E-state index contributed by atoms with van der Waals surface area (Å²) >= 11 is 0. The zero-order valence-corrected chi connectivity index (χ0v) is 20.1. The molecule has 36 heavy (non-hydrogen) atoms. The van der Waals surface area contributed by atoms with E-state index in [1.165, 1.54) is 0 Å². The summed E-state index contributed by atoms with van der Waals surface area (Å²) in [6.45, 7) is 1.53. The molecule has 190 valence electrons. The minimum Gasteiger partial charge on any atom is -0.497 e. The van der Waals surface area contributed by atoms with Crippen molar-refractivity contribution in [1.82, 2.24) is 9.88 Å². The van der Waals surface area contributed by atoms with Crippen molar-refractivity contribution in [2.24, 2.45) is 11.8 Å². The molecule has 3 aromatic rings. The predicted octanol–water partition coefficient (Wildman–Crippen LogP) is 4.46. The molecule has 0 spiro atoms. The number of likely N-dealkylation sites (tertiary alicyclic amines) is 1. The number of pyridine rings is 1. The van der Waals surface area contributed by atoms with Gasteiger partial charge in [0, 0.05) is 24.7 Å². The molecular formula is C28H29F3N2O3. The van der Waals surface area contributed by atoms with Crippen molar-refractivity contribution >= 4 is 10.9 Å². The van der Waals surface area contributed by atoms with Crippen LogP contribution < -0.4 is 4.74 Å². The van der Waals surface area contributed by atoms with Crippen LogP contribution in [-0.4, -0.2) is 53.4 Å². The highest BCUT2D eigenvalue weighted by Gasteiger charge is 2.29. The molecule has 0 aliphatic carbocycles. The molecule has 0 unspecified atom stereocenters. The number of aliphatic hydroxyl groups excluding tert-OH is 2. The van der Waals surface area contributed by atoms with Crippen LogP contribution in [0.25, 0.3) is 10.9 Å². The summed E-state index contributed by atoms with van der Waals surface area (Å²) in [6.07, 6.45) is 3.08. The van der Waals surface area contributed by atoms with Crippen molar-refractivity contribution in [2.45, 2.75) is 25.4 Å². The van der Waals surface area contributed by atoms with E-state index in [4.69, 9.17) is 4.74 Å². The summed E-state index contributed by atoms with van der Waals surface area (Å²) in [5.41, 5.74) is 1.01. The van der Waals surface area contributed by atoms with E-state index in [1.807, 2.05) is 29.2 Å². The maximum Gasteiger partial charge on any atom is 0.177 e. The summed E-state index contributed by atoms with van der Waals surface area (Å²) < 4.78 is 46.2. The number of rotatable bonds is 7. The van der Waals surface area contributed by atoms with Crippen LogP contribution in [0.15, 0.2) is 42.6 Å². The molecule has 2 N–H and O–H groups in total. The number of nitrogens with zero attached hydrogens (tertiary/aromatic N) is 2. The van der Waals surface area contributed by atoms with Gasteiger partial charge >= 0.3 is 0 Å². The second-order valence-electron chi connectivity index (χ2n) is 9.12. The third-order valence-corrected chi connectivity index (χ3v) is 6.92. The Labute approximate surface area is 208 Å². The lowest BCUT2D eigenvalue weighted by atomic mass is 9.81. The maximum absolute atomic E-state index is 13.8. The van der Waals surface area contributed by atoms with Gasteiger partial charge in [0.15, 0.2) is 11.6 Å². The Morgan fingerprint density at radius 2 is 1.94 bits per heavy atom. The minimum absolute atomic E-state index is 0.00672. The first kappa shape index (κ1) is 26.0. The monoisotopic (exact) mass is 498 g/mol. The number of hydrogen-bond acceptors (Lipinski definition) is 5. The molecule has 5 nitrogen and oxygen atoms in total. The average molecular weight is 499 g/mol. The molecule has 2 heterocycles. The van der Waals surface area contributed by atoms with Gasteiger partial charge in [-0.25, -0.2) is 13.2 Å². The van der Waals surface area contributed by atoms with E-state index >= 15 is 0 Å². The van der Waals surface area contributed by atoms with Crippen LogP contribution in [-0.2, 0) is 0 Å². The highest BCUT2D eigenvalue weighted by atomic mass is 19.2. The first-order valence-corrected chi connectivity index (χ1v) is 12.0. The van der Waals surface area contributed by atoms with Crippen molar-refractivity contribution in [1.29, 1.82) is 0 Å². The largest absolute Gasteiger partial charge is 0.497 e. The molecule has 2 aromatic carbocycles. The molecule has 3 atom stereocenters. The lowest BCUT2D eigenvalue weighted by molar-refractivity contribution is 0.0640. The number of piperidine rings is 1. The van der Waals surface area contributed by atoms with E-state index in [0.717, 1.165) is 41.4 Å².